The number of rotatable bonds is 7. The molecule has 0 aliphatic carbocycles. The molecule has 4 nitrogen and oxygen atoms in total. The average molecular weight is 420 g/mol. The van der Waals surface area contributed by atoms with E-state index in [0.717, 1.165) is 34.1 Å². The molecule has 0 aromatic heterocycles. The Balaban J connectivity index is 1.53. The predicted octanol–water partition coefficient (Wildman–Crippen LogP) is 4.99. The largest absolute Gasteiger partial charge is 0.493 e. The van der Waals surface area contributed by atoms with E-state index in [0.29, 0.717) is 22.4 Å². The third-order valence-electron chi connectivity index (χ3n) is 3.79. The van der Waals surface area contributed by atoms with Crippen molar-refractivity contribution in [2.45, 2.75) is 13.3 Å². The SMILES string of the molecule is Cc1cc(OCCCOc2ccccc2/C=C2\SC(=S)NC2=O)ccc1Cl. The number of thioether (sulfide) groups is 1. The van der Waals surface area contributed by atoms with Gasteiger partial charge in [-0.15, -0.1) is 0 Å². The standard InChI is InChI=1S/C20H18ClNO3S2/c1-13-11-15(7-8-16(13)21)24-9-4-10-25-17-6-3-2-5-14(17)12-18-19(23)22-20(26)27-18/h2-3,5-8,11-12H,4,9-10H2,1H3,(H,22,23,26)/b18-12-. The van der Waals surface area contributed by atoms with Crippen LogP contribution in [0.3, 0.4) is 0 Å². The normalized spacial score (nSPS) is 15.1. The number of carbonyl (C=O) groups is 1. The second kappa shape index (κ2) is 9.26. The Morgan fingerprint density at radius 3 is 2.70 bits per heavy atom. The fourth-order valence-corrected chi connectivity index (χ4v) is 3.58. The number of para-hydroxylation sites is 1. The van der Waals surface area contributed by atoms with Crippen molar-refractivity contribution in [1.29, 1.82) is 0 Å². The molecule has 2 aromatic rings. The monoisotopic (exact) mass is 419 g/mol. The molecule has 1 N–H and O–H groups in total. The first-order valence-electron chi connectivity index (χ1n) is 8.38. The molecule has 0 radical (unpaired) electrons. The van der Waals surface area contributed by atoms with Gasteiger partial charge in [-0.2, -0.15) is 0 Å². The first-order chi connectivity index (χ1) is 13.0. The smallest absolute Gasteiger partial charge is 0.263 e. The highest BCUT2D eigenvalue weighted by atomic mass is 35.5. The Morgan fingerprint density at radius 2 is 1.96 bits per heavy atom. The molecule has 1 saturated heterocycles. The minimum Gasteiger partial charge on any atom is -0.493 e. The molecule has 3 rings (SSSR count). The summed E-state index contributed by atoms with van der Waals surface area (Å²) in [6.45, 7) is 2.99. The van der Waals surface area contributed by atoms with Crippen LogP contribution in [-0.2, 0) is 4.79 Å². The van der Waals surface area contributed by atoms with E-state index in [1.54, 1.807) is 6.08 Å². The molecule has 27 heavy (non-hydrogen) atoms. The van der Waals surface area contributed by atoms with Gasteiger partial charge in [0.15, 0.2) is 0 Å². The van der Waals surface area contributed by atoms with Crippen LogP contribution < -0.4 is 14.8 Å². The molecule has 7 heteroatoms. The van der Waals surface area contributed by atoms with Crippen LogP contribution in [0.4, 0.5) is 0 Å². The fraction of sp³-hybridized carbons (Fsp3) is 0.200. The van der Waals surface area contributed by atoms with Crippen LogP contribution in [0.1, 0.15) is 17.5 Å². The molecule has 140 valence electrons. The molecule has 1 amide bonds. The van der Waals surface area contributed by atoms with Crippen LogP contribution in [0.2, 0.25) is 5.02 Å². The van der Waals surface area contributed by atoms with Crippen molar-refractivity contribution in [3.8, 4) is 11.5 Å². The highest BCUT2D eigenvalue weighted by molar-refractivity contribution is 8.26. The van der Waals surface area contributed by atoms with Crippen molar-refractivity contribution in [2.24, 2.45) is 0 Å². The lowest BCUT2D eigenvalue weighted by Gasteiger charge is -2.11. The van der Waals surface area contributed by atoms with Crippen LogP contribution in [0.5, 0.6) is 11.5 Å². The molecule has 0 spiro atoms. The number of benzene rings is 2. The zero-order valence-corrected chi connectivity index (χ0v) is 17.0. The summed E-state index contributed by atoms with van der Waals surface area (Å²) >= 11 is 12.3. The van der Waals surface area contributed by atoms with E-state index in [1.165, 1.54) is 11.8 Å². The maximum Gasteiger partial charge on any atom is 0.263 e. The maximum absolute atomic E-state index is 11.8. The average Bonchev–Trinajstić information content (AvgIpc) is 2.96. The summed E-state index contributed by atoms with van der Waals surface area (Å²) < 4.78 is 12.1. The summed E-state index contributed by atoms with van der Waals surface area (Å²) in [7, 11) is 0. The third-order valence-corrected chi connectivity index (χ3v) is 5.38. The summed E-state index contributed by atoms with van der Waals surface area (Å²) in [5.74, 6) is 1.34. The molecular formula is C20H18ClNO3S2. The topological polar surface area (TPSA) is 47.6 Å². The summed E-state index contributed by atoms with van der Waals surface area (Å²) in [6.07, 6.45) is 2.52. The molecule has 1 aliphatic rings. The minimum absolute atomic E-state index is 0.175. The highest BCUT2D eigenvalue weighted by Gasteiger charge is 2.22. The van der Waals surface area contributed by atoms with Gasteiger partial charge in [0.1, 0.15) is 15.8 Å². The number of nitrogens with one attached hydrogen (secondary N) is 1. The lowest BCUT2D eigenvalue weighted by Crippen LogP contribution is -2.17. The van der Waals surface area contributed by atoms with Gasteiger partial charge in [-0.3, -0.25) is 4.79 Å². The van der Waals surface area contributed by atoms with E-state index in [-0.39, 0.29) is 5.91 Å². The van der Waals surface area contributed by atoms with E-state index >= 15 is 0 Å². The van der Waals surface area contributed by atoms with Crippen LogP contribution in [0.25, 0.3) is 6.08 Å². The maximum atomic E-state index is 11.8. The van der Waals surface area contributed by atoms with Gasteiger partial charge in [0, 0.05) is 17.0 Å². The molecule has 1 heterocycles. The number of halogens is 1. The number of amides is 1. The molecule has 0 saturated carbocycles. The van der Waals surface area contributed by atoms with Crippen molar-refractivity contribution < 1.29 is 14.3 Å². The molecule has 2 aromatic carbocycles. The number of hydrogen-bond acceptors (Lipinski definition) is 5. The van der Waals surface area contributed by atoms with E-state index in [4.69, 9.17) is 33.3 Å². The zero-order chi connectivity index (χ0) is 19.2. The minimum atomic E-state index is -0.175. The van der Waals surface area contributed by atoms with Crippen LogP contribution in [0, 0.1) is 6.92 Å². The lowest BCUT2D eigenvalue weighted by atomic mass is 10.2. The molecule has 1 fully saturated rings. The number of hydrogen-bond donors (Lipinski definition) is 1. The van der Waals surface area contributed by atoms with Crippen LogP contribution in [-0.4, -0.2) is 23.4 Å². The second-order valence-electron chi connectivity index (χ2n) is 5.85. The Hall–Kier alpha value is -2.02. The molecule has 0 bridgehead atoms. The predicted molar refractivity (Wildman–Crippen MR) is 115 cm³/mol. The Morgan fingerprint density at radius 1 is 1.19 bits per heavy atom. The molecule has 1 aliphatic heterocycles. The van der Waals surface area contributed by atoms with Gasteiger partial charge in [-0.1, -0.05) is 53.8 Å². The second-order valence-corrected chi connectivity index (χ2v) is 7.98. The number of carbonyl (C=O) groups excluding carboxylic acids is 1. The van der Waals surface area contributed by atoms with Gasteiger partial charge in [-0.05, 0) is 42.8 Å². The van der Waals surface area contributed by atoms with Crippen molar-refractivity contribution in [1.82, 2.24) is 5.32 Å². The molecule has 0 atom stereocenters. The van der Waals surface area contributed by atoms with Crippen molar-refractivity contribution in [3.05, 3.63) is 63.5 Å². The number of aryl methyl sites for hydroxylation is 1. The number of ether oxygens (including phenoxy) is 2. The fourth-order valence-electron chi connectivity index (χ4n) is 2.43. The van der Waals surface area contributed by atoms with Crippen molar-refractivity contribution in [2.75, 3.05) is 13.2 Å². The first-order valence-corrected chi connectivity index (χ1v) is 9.99. The van der Waals surface area contributed by atoms with Gasteiger partial charge in [0.25, 0.3) is 5.91 Å². The van der Waals surface area contributed by atoms with Crippen LogP contribution in [0.15, 0.2) is 47.4 Å². The zero-order valence-electron chi connectivity index (χ0n) is 14.7. The van der Waals surface area contributed by atoms with Gasteiger partial charge in [0.05, 0.1) is 18.1 Å². The summed E-state index contributed by atoms with van der Waals surface area (Å²) in [6, 6.07) is 13.2. The Bertz CT molecular complexity index is 899. The van der Waals surface area contributed by atoms with Gasteiger partial charge in [0.2, 0.25) is 0 Å². The van der Waals surface area contributed by atoms with Crippen molar-refractivity contribution >= 4 is 51.9 Å². The van der Waals surface area contributed by atoms with Crippen molar-refractivity contribution in [3.63, 3.8) is 0 Å². The quantitative estimate of drug-likeness (QED) is 0.389. The van der Waals surface area contributed by atoms with E-state index in [9.17, 15) is 4.79 Å². The van der Waals surface area contributed by atoms with Gasteiger partial charge >= 0.3 is 0 Å². The van der Waals surface area contributed by atoms with Crippen LogP contribution >= 0.6 is 35.6 Å². The molecule has 0 unspecified atom stereocenters. The summed E-state index contributed by atoms with van der Waals surface area (Å²) in [5, 5.41) is 3.34. The van der Waals surface area contributed by atoms with E-state index < -0.39 is 0 Å². The Labute approximate surface area is 172 Å². The summed E-state index contributed by atoms with van der Waals surface area (Å²) in [5.41, 5.74) is 1.83. The van der Waals surface area contributed by atoms with E-state index in [2.05, 4.69) is 5.32 Å². The summed E-state index contributed by atoms with van der Waals surface area (Å²) in [4.78, 5) is 12.4. The Kier molecular flexibility index (Phi) is 6.77. The van der Waals surface area contributed by atoms with Gasteiger partial charge < -0.3 is 14.8 Å². The first kappa shape index (κ1) is 19.7. The lowest BCUT2D eigenvalue weighted by molar-refractivity contribution is -0.115. The third kappa shape index (κ3) is 5.48. The van der Waals surface area contributed by atoms with E-state index in [1.807, 2.05) is 49.4 Å². The highest BCUT2D eigenvalue weighted by Crippen LogP contribution is 2.29. The number of thiocarbonyl (C=S) groups is 1. The molecular weight excluding hydrogens is 402 g/mol. The van der Waals surface area contributed by atoms with Gasteiger partial charge in [-0.25, -0.2) is 0 Å².